The molecule has 1 aliphatic rings. The summed E-state index contributed by atoms with van der Waals surface area (Å²) in [5.74, 6) is -0.269. The molecular formula is C11H18O5. The van der Waals surface area contributed by atoms with Gasteiger partial charge in [-0.05, 0) is 5.41 Å². The van der Waals surface area contributed by atoms with Gasteiger partial charge in [-0.15, -0.1) is 0 Å². The third kappa shape index (κ3) is 4.08. The highest BCUT2D eigenvalue weighted by Crippen LogP contribution is 2.24. The second-order valence-corrected chi connectivity index (χ2v) is 4.68. The standard InChI is InChI=1S/C11H18O5/c1-4-11(2,3)5-9(12)14-6-8-7-15-10(13)16-8/h8H,4-7H2,1-3H3. The molecular weight excluding hydrogens is 212 g/mol. The summed E-state index contributed by atoms with van der Waals surface area (Å²) in [7, 11) is 0. The van der Waals surface area contributed by atoms with Crippen molar-refractivity contribution in [3.63, 3.8) is 0 Å². The SMILES string of the molecule is CCC(C)(C)CC(=O)OCC1COC(=O)O1. The predicted molar refractivity (Wildman–Crippen MR) is 55.9 cm³/mol. The lowest BCUT2D eigenvalue weighted by Crippen LogP contribution is -2.24. The minimum atomic E-state index is -0.699. The first-order chi connectivity index (χ1) is 7.43. The monoisotopic (exact) mass is 230 g/mol. The Morgan fingerprint density at radius 3 is 2.75 bits per heavy atom. The van der Waals surface area contributed by atoms with Gasteiger partial charge in [0.15, 0.2) is 6.10 Å². The first kappa shape index (κ1) is 12.8. The smallest absolute Gasteiger partial charge is 0.462 e. The fraction of sp³-hybridized carbons (Fsp3) is 0.818. The minimum Gasteiger partial charge on any atom is -0.462 e. The molecule has 0 saturated carbocycles. The highest BCUT2D eigenvalue weighted by atomic mass is 16.8. The van der Waals surface area contributed by atoms with Gasteiger partial charge in [0.2, 0.25) is 0 Å². The lowest BCUT2D eigenvalue weighted by Gasteiger charge is -2.21. The summed E-state index contributed by atoms with van der Waals surface area (Å²) in [6.07, 6.45) is 0.116. The average Bonchev–Trinajstić information content (AvgIpc) is 2.61. The number of carbonyl (C=O) groups is 2. The second kappa shape index (κ2) is 5.18. The Kier molecular flexibility index (Phi) is 4.15. The van der Waals surface area contributed by atoms with Gasteiger partial charge < -0.3 is 14.2 Å². The molecule has 1 atom stereocenters. The molecule has 5 heteroatoms. The fourth-order valence-corrected chi connectivity index (χ4v) is 1.20. The zero-order valence-corrected chi connectivity index (χ0v) is 9.95. The van der Waals surface area contributed by atoms with Gasteiger partial charge in [-0.2, -0.15) is 0 Å². The van der Waals surface area contributed by atoms with E-state index in [0.29, 0.717) is 6.42 Å². The van der Waals surface area contributed by atoms with E-state index < -0.39 is 12.3 Å². The van der Waals surface area contributed by atoms with E-state index in [2.05, 4.69) is 4.74 Å². The largest absolute Gasteiger partial charge is 0.508 e. The Bertz CT molecular complexity index is 272. The molecule has 92 valence electrons. The molecule has 0 aromatic carbocycles. The Labute approximate surface area is 95.0 Å². The van der Waals surface area contributed by atoms with E-state index in [0.717, 1.165) is 6.42 Å². The van der Waals surface area contributed by atoms with Crippen molar-refractivity contribution in [2.24, 2.45) is 5.41 Å². The van der Waals surface area contributed by atoms with Crippen LogP contribution in [0.4, 0.5) is 4.79 Å². The van der Waals surface area contributed by atoms with Gasteiger partial charge in [-0.3, -0.25) is 4.79 Å². The molecule has 0 bridgehead atoms. The van der Waals surface area contributed by atoms with Gasteiger partial charge in [-0.25, -0.2) is 4.79 Å². The molecule has 1 aliphatic heterocycles. The predicted octanol–water partition coefficient (Wildman–Crippen LogP) is 1.89. The maximum absolute atomic E-state index is 11.5. The summed E-state index contributed by atoms with van der Waals surface area (Å²) in [6, 6.07) is 0. The van der Waals surface area contributed by atoms with Crippen LogP contribution in [0.2, 0.25) is 0 Å². The summed E-state index contributed by atoms with van der Waals surface area (Å²) in [5, 5.41) is 0. The van der Waals surface area contributed by atoms with Gasteiger partial charge in [0.25, 0.3) is 0 Å². The Hall–Kier alpha value is -1.26. The molecule has 0 radical (unpaired) electrons. The topological polar surface area (TPSA) is 61.8 Å². The van der Waals surface area contributed by atoms with E-state index in [-0.39, 0.29) is 24.6 Å². The van der Waals surface area contributed by atoms with Gasteiger partial charge in [0, 0.05) is 0 Å². The van der Waals surface area contributed by atoms with Crippen LogP contribution in [-0.2, 0) is 19.0 Å². The van der Waals surface area contributed by atoms with E-state index >= 15 is 0 Å². The van der Waals surface area contributed by atoms with Crippen molar-refractivity contribution >= 4 is 12.1 Å². The molecule has 1 saturated heterocycles. The lowest BCUT2D eigenvalue weighted by molar-refractivity contribution is -0.148. The molecule has 0 aliphatic carbocycles. The van der Waals surface area contributed by atoms with Crippen molar-refractivity contribution in [3.8, 4) is 0 Å². The number of ether oxygens (including phenoxy) is 3. The average molecular weight is 230 g/mol. The molecule has 0 spiro atoms. The van der Waals surface area contributed by atoms with Crippen molar-refractivity contribution in [2.45, 2.75) is 39.7 Å². The van der Waals surface area contributed by atoms with Gasteiger partial charge in [0.1, 0.15) is 13.2 Å². The third-order valence-corrected chi connectivity index (χ3v) is 2.66. The molecule has 1 unspecified atom stereocenters. The molecule has 5 nitrogen and oxygen atoms in total. The molecule has 16 heavy (non-hydrogen) atoms. The van der Waals surface area contributed by atoms with Crippen LogP contribution in [0.1, 0.15) is 33.6 Å². The van der Waals surface area contributed by atoms with Crippen molar-refractivity contribution in [2.75, 3.05) is 13.2 Å². The van der Waals surface area contributed by atoms with Crippen LogP contribution >= 0.6 is 0 Å². The number of rotatable bonds is 5. The number of hydrogen-bond acceptors (Lipinski definition) is 5. The van der Waals surface area contributed by atoms with Gasteiger partial charge >= 0.3 is 12.1 Å². The summed E-state index contributed by atoms with van der Waals surface area (Å²) >= 11 is 0. The molecule has 0 aromatic heterocycles. The number of esters is 1. The van der Waals surface area contributed by atoms with Crippen molar-refractivity contribution in [1.29, 1.82) is 0 Å². The normalized spacial score (nSPS) is 20.2. The summed E-state index contributed by atoms with van der Waals surface area (Å²) in [4.78, 5) is 22.0. The Morgan fingerprint density at radius 2 is 2.25 bits per heavy atom. The van der Waals surface area contributed by atoms with Crippen LogP contribution in [0.5, 0.6) is 0 Å². The first-order valence-electron chi connectivity index (χ1n) is 5.42. The molecule has 0 N–H and O–H groups in total. The maximum Gasteiger partial charge on any atom is 0.508 e. The summed E-state index contributed by atoms with van der Waals surface area (Å²) < 4.78 is 14.3. The van der Waals surface area contributed by atoms with Gasteiger partial charge in [0.05, 0.1) is 6.42 Å². The lowest BCUT2D eigenvalue weighted by atomic mass is 9.87. The highest BCUT2D eigenvalue weighted by Gasteiger charge is 2.27. The number of carbonyl (C=O) groups excluding carboxylic acids is 2. The molecule has 1 fully saturated rings. The van der Waals surface area contributed by atoms with Crippen LogP contribution in [0.25, 0.3) is 0 Å². The van der Waals surface area contributed by atoms with Crippen LogP contribution < -0.4 is 0 Å². The third-order valence-electron chi connectivity index (χ3n) is 2.66. The zero-order chi connectivity index (χ0) is 12.2. The Morgan fingerprint density at radius 1 is 1.56 bits per heavy atom. The number of hydrogen-bond donors (Lipinski definition) is 0. The summed E-state index contributed by atoms with van der Waals surface area (Å²) in [6.45, 7) is 6.27. The van der Waals surface area contributed by atoms with Crippen LogP contribution in [0.15, 0.2) is 0 Å². The number of cyclic esters (lactones) is 2. The maximum atomic E-state index is 11.5. The summed E-state index contributed by atoms with van der Waals surface area (Å²) in [5.41, 5.74) is -0.0556. The molecule has 0 aromatic rings. The van der Waals surface area contributed by atoms with Crippen molar-refractivity contribution in [3.05, 3.63) is 0 Å². The zero-order valence-electron chi connectivity index (χ0n) is 9.95. The molecule has 0 amide bonds. The first-order valence-corrected chi connectivity index (χ1v) is 5.42. The van der Waals surface area contributed by atoms with Crippen LogP contribution in [0.3, 0.4) is 0 Å². The van der Waals surface area contributed by atoms with E-state index in [9.17, 15) is 9.59 Å². The second-order valence-electron chi connectivity index (χ2n) is 4.68. The van der Waals surface area contributed by atoms with E-state index in [1.165, 1.54) is 0 Å². The van der Waals surface area contributed by atoms with Crippen molar-refractivity contribution < 1.29 is 23.8 Å². The van der Waals surface area contributed by atoms with Crippen LogP contribution in [-0.4, -0.2) is 31.4 Å². The highest BCUT2D eigenvalue weighted by molar-refractivity contribution is 5.70. The Balaban J connectivity index is 2.23. The van der Waals surface area contributed by atoms with Crippen LogP contribution in [0, 0.1) is 5.41 Å². The quantitative estimate of drug-likeness (QED) is 0.675. The fourth-order valence-electron chi connectivity index (χ4n) is 1.20. The van der Waals surface area contributed by atoms with E-state index in [1.807, 2.05) is 20.8 Å². The molecule has 1 rings (SSSR count). The van der Waals surface area contributed by atoms with Gasteiger partial charge in [-0.1, -0.05) is 27.2 Å². The van der Waals surface area contributed by atoms with E-state index in [1.54, 1.807) is 0 Å². The molecule has 1 heterocycles. The van der Waals surface area contributed by atoms with Crippen molar-refractivity contribution in [1.82, 2.24) is 0 Å². The minimum absolute atomic E-state index is 0.0556. The van der Waals surface area contributed by atoms with E-state index in [4.69, 9.17) is 9.47 Å².